The summed E-state index contributed by atoms with van der Waals surface area (Å²) in [6, 6.07) is 8.74. The molecule has 33 heavy (non-hydrogen) atoms. The highest BCUT2D eigenvalue weighted by Crippen LogP contribution is 2.24. The van der Waals surface area contributed by atoms with Crippen LogP contribution in [0.3, 0.4) is 0 Å². The Kier molecular flexibility index (Phi) is 6.74. The fourth-order valence-corrected chi connectivity index (χ4v) is 4.40. The number of nitrogens with zero attached hydrogens (tertiary/aromatic N) is 4. The SMILES string of the molecule is Cc1cc(C)nc(NCCCC(=O)Nc2ncc(CCN3C(=O)c4ccccc4C3=O)s2)n1. The van der Waals surface area contributed by atoms with Gasteiger partial charge in [0.25, 0.3) is 11.8 Å². The molecule has 0 radical (unpaired) electrons. The molecule has 1 aliphatic rings. The Labute approximate surface area is 195 Å². The van der Waals surface area contributed by atoms with Crippen molar-refractivity contribution in [1.29, 1.82) is 0 Å². The van der Waals surface area contributed by atoms with Crippen molar-refractivity contribution in [3.05, 3.63) is 63.9 Å². The third-order valence-electron chi connectivity index (χ3n) is 5.11. The standard InChI is InChI=1S/C23H24N6O3S/c1-14-12-15(2)27-22(26-14)24-10-5-8-19(30)28-23-25-13-16(33-23)9-11-29-20(31)17-6-3-4-7-18(17)21(29)32/h3-4,6-7,12-13H,5,8-11H2,1-2H3,(H,24,26,27)(H,25,28,30). The number of carbonyl (C=O) groups is 3. The van der Waals surface area contributed by atoms with Gasteiger partial charge in [-0.1, -0.05) is 12.1 Å². The van der Waals surface area contributed by atoms with Gasteiger partial charge in [0, 0.05) is 48.4 Å². The lowest BCUT2D eigenvalue weighted by atomic mass is 10.1. The Bertz CT molecular complexity index is 1150. The number of imide groups is 1. The number of carbonyl (C=O) groups excluding carboxylic acids is 3. The first kappa shape index (κ1) is 22.5. The number of anilines is 2. The third-order valence-corrected chi connectivity index (χ3v) is 6.08. The minimum absolute atomic E-state index is 0.126. The van der Waals surface area contributed by atoms with Crippen molar-refractivity contribution in [2.24, 2.45) is 0 Å². The normalized spacial score (nSPS) is 12.7. The maximum Gasteiger partial charge on any atom is 0.261 e. The fraction of sp³-hybridized carbons (Fsp3) is 0.304. The number of rotatable bonds is 9. The van der Waals surface area contributed by atoms with Crippen molar-refractivity contribution >= 4 is 40.1 Å². The quantitative estimate of drug-likeness (QED) is 0.369. The lowest BCUT2D eigenvalue weighted by Crippen LogP contribution is -2.31. The zero-order valence-corrected chi connectivity index (χ0v) is 19.2. The van der Waals surface area contributed by atoms with Crippen LogP contribution in [0.2, 0.25) is 0 Å². The largest absolute Gasteiger partial charge is 0.354 e. The van der Waals surface area contributed by atoms with E-state index in [0.717, 1.165) is 16.3 Å². The molecule has 2 N–H and O–H groups in total. The predicted molar refractivity (Wildman–Crippen MR) is 125 cm³/mol. The predicted octanol–water partition coefficient (Wildman–Crippen LogP) is 3.22. The summed E-state index contributed by atoms with van der Waals surface area (Å²) in [5, 5.41) is 6.44. The summed E-state index contributed by atoms with van der Waals surface area (Å²) in [5.41, 5.74) is 2.67. The number of hydrogen-bond donors (Lipinski definition) is 2. The van der Waals surface area contributed by atoms with Gasteiger partial charge in [-0.2, -0.15) is 0 Å². The van der Waals surface area contributed by atoms with Gasteiger partial charge in [-0.3, -0.25) is 19.3 Å². The maximum absolute atomic E-state index is 12.5. The van der Waals surface area contributed by atoms with E-state index in [4.69, 9.17) is 0 Å². The molecule has 0 saturated carbocycles. The zero-order valence-electron chi connectivity index (χ0n) is 18.4. The summed E-state index contributed by atoms with van der Waals surface area (Å²) in [5.74, 6) is -0.100. The van der Waals surface area contributed by atoms with E-state index in [1.165, 1.54) is 16.2 Å². The van der Waals surface area contributed by atoms with Crippen LogP contribution in [0.15, 0.2) is 36.5 Å². The molecular formula is C23H24N6O3S. The van der Waals surface area contributed by atoms with Crippen molar-refractivity contribution in [3.8, 4) is 0 Å². The second-order valence-electron chi connectivity index (χ2n) is 7.74. The highest BCUT2D eigenvalue weighted by atomic mass is 32.1. The summed E-state index contributed by atoms with van der Waals surface area (Å²) >= 11 is 1.34. The summed E-state index contributed by atoms with van der Waals surface area (Å²) < 4.78 is 0. The molecule has 4 rings (SSSR count). The molecule has 0 unspecified atom stereocenters. The van der Waals surface area contributed by atoms with E-state index in [2.05, 4.69) is 25.6 Å². The monoisotopic (exact) mass is 464 g/mol. The van der Waals surface area contributed by atoms with E-state index in [1.54, 1.807) is 30.5 Å². The van der Waals surface area contributed by atoms with Crippen LogP contribution in [0.4, 0.5) is 11.1 Å². The molecule has 3 heterocycles. The van der Waals surface area contributed by atoms with Gasteiger partial charge in [-0.15, -0.1) is 11.3 Å². The topological polar surface area (TPSA) is 117 Å². The molecule has 0 spiro atoms. The minimum Gasteiger partial charge on any atom is -0.354 e. The van der Waals surface area contributed by atoms with Gasteiger partial charge >= 0.3 is 0 Å². The molecule has 0 aliphatic carbocycles. The average Bonchev–Trinajstić information content (AvgIpc) is 3.32. The molecule has 3 amide bonds. The smallest absolute Gasteiger partial charge is 0.261 e. The van der Waals surface area contributed by atoms with Crippen molar-refractivity contribution in [2.75, 3.05) is 23.7 Å². The fourth-order valence-electron chi connectivity index (χ4n) is 3.58. The van der Waals surface area contributed by atoms with Crippen LogP contribution in [0.1, 0.15) is 49.8 Å². The summed E-state index contributed by atoms with van der Waals surface area (Å²) in [6.07, 6.45) is 3.11. The molecule has 2 aromatic heterocycles. The van der Waals surface area contributed by atoms with Crippen LogP contribution in [0.5, 0.6) is 0 Å². The van der Waals surface area contributed by atoms with E-state index in [-0.39, 0.29) is 24.3 Å². The second kappa shape index (κ2) is 9.86. The van der Waals surface area contributed by atoms with Crippen LogP contribution in [0.25, 0.3) is 0 Å². The number of hydrogen-bond acceptors (Lipinski definition) is 8. The zero-order chi connectivity index (χ0) is 23.4. The van der Waals surface area contributed by atoms with Crippen LogP contribution >= 0.6 is 11.3 Å². The third kappa shape index (κ3) is 5.40. The number of aryl methyl sites for hydroxylation is 2. The van der Waals surface area contributed by atoms with Crippen molar-refractivity contribution in [1.82, 2.24) is 19.9 Å². The second-order valence-corrected chi connectivity index (χ2v) is 8.86. The number of aromatic nitrogens is 3. The van der Waals surface area contributed by atoms with Gasteiger partial charge < -0.3 is 10.6 Å². The van der Waals surface area contributed by atoms with E-state index in [9.17, 15) is 14.4 Å². The highest BCUT2D eigenvalue weighted by molar-refractivity contribution is 7.15. The Morgan fingerprint density at radius 3 is 2.39 bits per heavy atom. The molecule has 1 aromatic carbocycles. The molecule has 0 fully saturated rings. The summed E-state index contributed by atoms with van der Waals surface area (Å²) in [4.78, 5) is 52.1. The summed E-state index contributed by atoms with van der Waals surface area (Å²) in [6.45, 7) is 4.68. The van der Waals surface area contributed by atoms with Gasteiger partial charge in [0.15, 0.2) is 5.13 Å². The number of fused-ring (bicyclic) bond motifs is 1. The van der Waals surface area contributed by atoms with Gasteiger partial charge in [-0.05, 0) is 38.5 Å². The molecule has 170 valence electrons. The van der Waals surface area contributed by atoms with Crippen LogP contribution in [-0.2, 0) is 11.2 Å². The van der Waals surface area contributed by atoms with Gasteiger partial charge in [0.2, 0.25) is 11.9 Å². The first-order chi connectivity index (χ1) is 15.9. The molecule has 0 bridgehead atoms. The number of benzene rings is 1. The van der Waals surface area contributed by atoms with E-state index < -0.39 is 0 Å². The Hall–Kier alpha value is -3.66. The highest BCUT2D eigenvalue weighted by Gasteiger charge is 2.34. The Morgan fingerprint density at radius 1 is 1.06 bits per heavy atom. The molecule has 0 atom stereocenters. The minimum atomic E-state index is -0.270. The first-order valence-corrected chi connectivity index (χ1v) is 11.5. The average molecular weight is 465 g/mol. The molecule has 10 heteroatoms. The molecule has 9 nitrogen and oxygen atoms in total. The number of nitrogens with one attached hydrogen (secondary N) is 2. The van der Waals surface area contributed by atoms with Gasteiger partial charge in [0.05, 0.1) is 11.1 Å². The number of thiazole rings is 1. The summed E-state index contributed by atoms with van der Waals surface area (Å²) in [7, 11) is 0. The van der Waals surface area contributed by atoms with Gasteiger partial charge in [0.1, 0.15) is 0 Å². The van der Waals surface area contributed by atoms with E-state index in [1.807, 2.05) is 19.9 Å². The van der Waals surface area contributed by atoms with Crippen molar-refractivity contribution < 1.29 is 14.4 Å². The van der Waals surface area contributed by atoms with Crippen molar-refractivity contribution in [3.63, 3.8) is 0 Å². The Morgan fingerprint density at radius 2 is 1.73 bits per heavy atom. The molecule has 3 aromatic rings. The van der Waals surface area contributed by atoms with Gasteiger partial charge in [-0.25, -0.2) is 15.0 Å². The van der Waals surface area contributed by atoms with Crippen LogP contribution in [0, 0.1) is 13.8 Å². The van der Waals surface area contributed by atoms with Crippen LogP contribution in [-0.4, -0.2) is 50.7 Å². The maximum atomic E-state index is 12.5. The van der Waals surface area contributed by atoms with E-state index >= 15 is 0 Å². The molecular weight excluding hydrogens is 440 g/mol. The lowest BCUT2D eigenvalue weighted by Gasteiger charge is -2.12. The Balaban J connectivity index is 1.21. The van der Waals surface area contributed by atoms with Crippen molar-refractivity contribution in [2.45, 2.75) is 33.1 Å². The first-order valence-electron chi connectivity index (χ1n) is 10.7. The lowest BCUT2D eigenvalue weighted by molar-refractivity contribution is -0.116. The number of amides is 3. The van der Waals surface area contributed by atoms with Crippen LogP contribution < -0.4 is 10.6 Å². The van der Waals surface area contributed by atoms with E-state index in [0.29, 0.717) is 48.0 Å². The molecule has 0 saturated heterocycles. The molecule has 1 aliphatic heterocycles.